The number of rotatable bonds is 6. The third-order valence-electron chi connectivity index (χ3n) is 8.58. The molecule has 1 unspecified atom stereocenters. The molecule has 4 fully saturated rings. The Balaban J connectivity index is 0.00000245. The Bertz CT molecular complexity index is 812. The molecule has 1 aromatic heterocycles. The van der Waals surface area contributed by atoms with Crippen LogP contribution in [0.25, 0.3) is 0 Å². The Morgan fingerprint density at radius 3 is 2.44 bits per heavy atom. The van der Waals surface area contributed by atoms with Crippen LogP contribution >= 0.6 is 12.4 Å². The largest absolute Gasteiger partial charge is 0.391 e. The van der Waals surface area contributed by atoms with E-state index in [9.17, 15) is 9.90 Å². The normalized spacial score (nSPS) is 32.3. The molecule has 4 saturated carbocycles. The Morgan fingerprint density at radius 1 is 1.22 bits per heavy atom. The van der Waals surface area contributed by atoms with Gasteiger partial charge in [-0.1, -0.05) is 13.8 Å². The van der Waals surface area contributed by atoms with Crippen LogP contribution in [0.2, 0.25) is 0 Å². The zero-order chi connectivity index (χ0) is 21.8. The zero-order valence-electron chi connectivity index (χ0n) is 19.3. The molecule has 0 saturated heterocycles. The van der Waals surface area contributed by atoms with Crippen molar-refractivity contribution in [1.82, 2.24) is 14.9 Å². The molecule has 2 atom stereocenters. The lowest BCUT2D eigenvalue weighted by molar-refractivity contribution is -0.134. The molecule has 5 aliphatic rings. The standard InChI is InChI=1S/C24H37N5O2.ClH/c1-14(2)21(25)23(31)29-4-3-18-19(12-29)27-13-28-22(18)26-11-20(30)24-8-15-5-16(9-24)7-17(6-15)10-24;/h13-17,20-21,30H,3-12,25H2,1-2H3,(H,26,27,28);1H/t15?,16?,17?,20?,21-,24?;/m1./s1. The van der Waals surface area contributed by atoms with Crippen LogP contribution in [-0.2, 0) is 17.8 Å². The number of nitrogens with zero attached hydrogens (tertiary/aromatic N) is 3. The molecule has 4 aliphatic carbocycles. The van der Waals surface area contributed by atoms with Crippen LogP contribution in [0.3, 0.4) is 0 Å². The van der Waals surface area contributed by atoms with Crippen LogP contribution in [0.4, 0.5) is 5.82 Å². The van der Waals surface area contributed by atoms with E-state index < -0.39 is 6.04 Å². The molecule has 4 bridgehead atoms. The van der Waals surface area contributed by atoms with Crippen molar-refractivity contribution in [1.29, 1.82) is 0 Å². The highest BCUT2D eigenvalue weighted by Crippen LogP contribution is 2.61. The Hall–Kier alpha value is -1.44. The number of aromatic nitrogens is 2. The molecule has 2 heterocycles. The fourth-order valence-corrected chi connectivity index (χ4v) is 7.19. The summed E-state index contributed by atoms with van der Waals surface area (Å²) in [6, 6.07) is -0.476. The molecule has 32 heavy (non-hydrogen) atoms. The van der Waals surface area contributed by atoms with E-state index in [-0.39, 0.29) is 35.8 Å². The first-order valence-corrected chi connectivity index (χ1v) is 12.1. The number of aliphatic hydroxyl groups excluding tert-OH is 1. The van der Waals surface area contributed by atoms with Gasteiger partial charge in [0.15, 0.2) is 0 Å². The molecular weight excluding hydrogens is 426 g/mol. The second-order valence-corrected chi connectivity index (χ2v) is 11.1. The Morgan fingerprint density at radius 2 is 1.84 bits per heavy atom. The lowest BCUT2D eigenvalue weighted by Gasteiger charge is -2.58. The van der Waals surface area contributed by atoms with E-state index in [1.807, 2.05) is 18.7 Å². The Labute approximate surface area is 197 Å². The van der Waals surface area contributed by atoms with Gasteiger partial charge in [0, 0.05) is 18.7 Å². The molecule has 1 amide bonds. The number of amides is 1. The summed E-state index contributed by atoms with van der Waals surface area (Å²) in [6.45, 7) is 5.59. The van der Waals surface area contributed by atoms with Crippen LogP contribution in [-0.4, -0.2) is 51.1 Å². The quantitative estimate of drug-likeness (QED) is 0.599. The SMILES string of the molecule is CC(C)[C@@H](N)C(=O)N1CCc2c(ncnc2NCC(O)C23CC4CC(CC(C4)C2)C3)C1.Cl. The summed E-state index contributed by atoms with van der Waals surface area (Å²) in [5.41, 5.74) is 8.14. The zero-order valence-corrected chi connectivity index (χ0v) is 20.1. The van der Waals surface area contributed by atoms with Crippen molar-refractivity contribution in [2.75, 3.05) is 18.4 Å². The van der Waals surface area contributed by atoms with Crippen molar-refractivity contribution in [3.63, 3.8) is 0 Å². The van der Waals surface area contributed by atoms with Crippen LogP contribution in [0.5, 0.6) is 0 Å². The van der Waals surface area contributed by atoms with E-state index in [4.69, 9.17) is 5.73 Å². The monoisotopic (exact) mass is 463 g/mol. The van der Waals surface area contributed by atoms with Crippen molar-refractivity contribution in [2.45, 2.75) is 77.5 Å². The number of hydrogen-bond acceptors (Lipinski definition) is 6. The number of fused-ring (bicyclic) bond motifs is 1. The fourth-order valence-electron chi connectivity index (χ4n) is 7.19. The Kier molecular flexibility index (Phi) is 6.72. The van der Waals surface area contributed by atoms with Gasteiger partial charge in [-0.25, -0.2) is 9.97 Å². The van der Waals surface area contributed by atoms with Gasteiger partial charge in [-0.05, 0) is 74.0 Å². The van der Waals surface area contributed by atoms with Crippen LogP contribution in [0.15, 0.2) is 6.33 Å². The smallest absolute Gasteiger partial charge is 0.240 e. The first kappa shape index (κ1) is 23.7. The number of nitrogens with two attached hydrogens (primary N) is 1. The lowest BCUT2D eigenvalue weighted by Crippen LogP contribution is -2.53. The summed E-state index contributed by atoms with van der Waals surface area (Å²) in [6.07, 6.45) is 9.66. The molecule has 4 N–H and O–H groups in total. The summed E-state index contributed by atoms with van der Waals surface area (Å²) in [5.74, 6) is 3.40. The molecule has 0 radical (unpaired) electrons. The van der Waals surface area contributed by atoms with E-state index >= 15 is 0 Å². The molecule has 8 heteroatoms. The van der Waals surface area contributed by atoms with Crippen LogP contribution in [0, 0.1) is 29.1 Å². The highest BCUT2D eigenvalue weighted by Gasteiger charge is 2.53. The van der Waals surface area contributed by atoms with Crippen molar-refractivity contribution >= 4 is 24.1 Å². The van der Waals surface area contributed by atoms with Gasteiger partial charge in [-0.3, -0.25) is 4.79 Å². The summed E-state index contributed by atoms with van der Waals surface area (Å²) >= 11 is 0. The number of carbonyl (C=O) groups is 1. The first-order valence-electron chi connectivity index (χ1n) is 12.1. The van der Waals surface area contributed by atoms with Gasteiger partial charge in [-0.2, -0.15) is 0 Å². The van der Waals surface area contributed by atoms with Crippen molar-refractivity contribution in [3.8, 4) is 0 Å². The number of hydrogen-bond donors (Lipinski definition) is 3. The minimum Gasteiger partial charge on any atom is -0.391 e. The average Bonchev–Trinajstić information content (AvgIpc) is 2.74. The third-order valence-corrected chi connectivity index (χ3v) is 8.58. The van der Waals surface area contributed by atoms with E-state index in [1.54, 1.807) is 6.33 Å². The minimum atomic E-state index is -0.476. The van der Waals surface area contributed by atoms with E-state index in [0.717, 1.165) is 34.8 Å². The van der Waals surface area contributed by atoms with Gasteiger partial charge in [-0.15, -0.1) is 12.4 Å². The van der Waals surface area contributed by atoms with Crippen molar-refractivity contribution in [3.05, 3.63) is 17.6 Å². The summed E-state index contributed by atoms with van der Waals surface area (Å²) < 4.78 is 0. The van der Waals surface area contributed by atoms with E-state index in [2.05, 4.69) is 15.3 Å². The topological polar surface area (TPSA) is 104 Å². The maximum atomic E-state index is 12.7. The number of halogens is 1. The fraction of sp³-hybridized carbons (Fsp3) is 0.792. The number of nitrogens with one attached hydrogen (secondary N) is 1. The van der Waals surface area contributed by atoms with Gasteiger partial charge in [0.2, 0.25) is 5.91 Å². The predicted octanol–water partition coefficient (Wildman–Crippen LogP) is 2.76. The second kappa shape index (κ2) is 9.07. The summed E-state index contributed by atoms with van der Waals surface area (Å²) in [4.78, 5) is 23.4. The molecule has 0 aromatic carbocycles. The van der Waals surface area contributed by atoms with Gasteiger partial charge in [0.25, 0.3) is 0 Å². The van der Waals surface area contributed by atoms with Gasteiger partial charge in [0.1, 0.15) is 12.1 Å². The van der Waals surface area contributed by atoms with Crippen molar-refractivity contribution in [2.24, 2.45) is 34.8 Å². The number of carbonyl (C=O) groups excluding carboxylic acids is 1. The van der Waals surface area contributed by atoms with E-state index in [1.165, 1.54) is 38.5 Å². The van der Waals surface area contributed by atoms with Crippen LogP contribution in [0.1, 0.15) is 63.6 Å². The maximum absolute atomic E-state index is 12.7. The average molecular weight is 464 g/mol. The minimum absolute atomic E-state index is 0. The second-order valence-electron chi connectivity index (χ2n) is 11.1. The predicted molar refractivity (Wildman–Crippen MR) is 126 cm³/mol. The molecule has 178 valence electrons. The van der Waals surface area contributed by atoms with Crippen molar-refractivity contribution < 1.29 is 9.90 Å². The molecular formula is C24H38ClN5O2. The summed E-state index contributed by atoms with van der Waals surface area (Å²) in [5, 5.41) is 14.7. The van der Waals surface area contributed by atoms with Gasteiger partial charge >= 0.3 is 0 Å². The summed E-state index contributed by atoms with van der Waals surface area (Å²) in [7, 11) is 0. The maximum Gasteiger partial charge on any atom is 0.240 e. The first-order chi connectivity index (χ1) is 14.8. The van der Waals surface area contributed by atoms with Gasteiger partial charge < -0.3 is 21.1 Å². The molecule has 0 spiro atoms. The number of aliphatic hydroxyl groups is 1. The number of anilines is 1. The van der Waals surface area contributed by atoms with E-state index in [0.29, 0.717) is 26.1 Å². The molecule has 1 aliphatic heterocycles. The highest BCUT2D eigenvalue weighted by atomic mass is 35.5. The third kappa shape index (κ3) is 4.24. The lowest BCUT2D eigenvalue weighted by atomic mass is 9.48. The highest BCUT2D eigenvalue weighted by molar-refractivity contribution is 5.85. The van der Waals surface area contributed by atoms with Crippen LogP contribution < -0.4 is 11.1 Å². The molecule has 6 rings (SSSR count). The van der Waals surface area contributed by atoms with Gasteiger partial charge in [0.05, 0.1) is 24.4 Å². The molecule has 7 nitrogen and oxygen atoms in total. The molecule has 1 aromatic rings.